The SMILES string of the molecule is CC(C(=O)Nc1ccc(N(C)C)cn1)C1CNC1.Cl.Cl. The second kappa shape index (κ2) is 8.29. The minimum Gasteiger partial charge on any atom is -0.376 e. The van der Waals surface area contributed by atoms with E-state index in [0.717, 1.165) is 18.8 Å². The molecule has 1 aliphatic heterocycles. The summed E-state index contributed by atoms with van der Waals surface area (Å²) in [6.45, 7) is 3.83. The third-order valence-corrected chi connectivity index (χ3v) is 3.45. The van der Waals surface area contributed by atoms with E-state index in [-0.39, 0.29) is 36.6 Å². The van der Waals surface area contributed by atoms with Crippen molar-refractivity contribution in [1.82, 2.24) is 10.3 Å². The van der Waals surface area contributed by atoms with Gasteiger partial charge in [0.2, 0.25) is 5.91 Å². The number of amides is 1. The van der Waals surface area contributed by atoms with E-state index in [4.69, 9.17) is 0 Å². The van der Waals surface area contributed by atoms with Crippen molar-refractivity contribution in [3.05, 3.63) is 18.3 Å². The lowest BCUT2D eigenvalue weighted by Gasteiger charge is -2.31. The van der Waals surface area contributed by atoms with Crippen LogP contribution in [0, 0.1) is 11.8 Å². The summed E-state index contributed by atoms with van der Waals surface area (Å²) in [7, 11) is 3.92. The van der Waals surface area contributed by atoms with Crippen molar-refractivity contribution in [2.24, 2.45) is 11.8 Å². The van der Waals surface area contributed by atoms with Crippen molar-refractivity contribution in [3.8, 4) is 0 Å². The Balaban J connectivity index is 0.00000180. The van der Waals surface area contributed by atoms with E-state index in [1.165, 1.54) is 0 Å². The fraction of sp³-hybridized carbons (Fsp3) is 0.538. The number of pyridine rings is 1. The Morgan fingerprint density at radius 3 is 2.45 bits per heavy atom. The number of halogens is 2. The monoisotopic (exact) mass is 320 g/mol. The molecule has 20 heavy (non-hydrogen) atoms. The average molecular weight is 321 g/mol. The highest BCUT2D eigenvalue weighted by atomic mass is 35.5. The van der Waals surface area contributed by atoms with Gasteiger partial charge in [0.05, 0.1) is 11.9 Å². The first-order chi connectivity index (χ1) is 8.58. The Kier molecular flexibility index (Phi) is 7.86. The average Bonchev–Trinajstić information content (AvgIpc) is 2.27. The first-order valence-electron chi connectivity index (χ1n) is 6.23. The summed E-state index contributed by atoms with van der Waals surface area (Å²) in [5, 5.41) is 6.04. The lowest BCUT2D eigenvalue weighted by Crippen LogP contribution is -2.48. The molecule has 0 aromatic carbocycles. The molecule has 0 radical (unpaired) electrons. The number of carbonyl (C=O) groups excluding carboxylic acids is 1. The van der Waals surface area contributed by atoms with E-state index in [9.17, 15) is 4.79 Å². The van der Waals surface area contributed by atoms with E-state index in [1.807, 2.05) is 38.1 Å². The number of hydrogen-bond acceptors (Lipinski definition) is 4. The van der Waals surface area contributed by atoms with Gasteiger partial charge < -0.3 is 15.5 Å². The van der Waals surface area contributed by atoms with Gasteiger partial charge in [-0.05, 0) is 31.1 Å². The molecule has 1 amide bonds. The van der Waals surface area contributed by atoms with Crippen LogP contribution in [0.5, 0.6) is 0 Å². The molecule has 2 N–H and O–H groups in total. The molecule has 114 valence electrons. The van der Waals surface area contributed by atoms with Crippen LogP contribution in [0.1, 0.15) is 6.92 Å². The topological polar surface area (TPSA) is 57.3 Å². The fourth-order valence-electron chi connectivity index (χ4n) is 1.84. The maximum absolute atomic E-state index is 12.0. The molecule has 1 saturated heterocycles. The van der Waals surface area contributed by atoms with Crippen LogP contribution in [0.25, 0.3) is 0 Å². The van der Waals surface area contributed by atoms with Crippen LogP contribution in [-0.2, 0) is 4.79 Å². The Morgan fingerprint density at radius 1 is 1.40 bits per heavy atom. The molecular weight excluding hydrogens is 299 g/mol. The third-order valence-electron chi connectivity index (χ3n) is 3.45. The predicted molar refractivity (Wildman–Crippen MR) is 87.2 cm³/mol. The molecule has 2 heterocycles. The fourth-order valence-corrected chi connectivity index (χ4v) is 1.84. The van der Waals surface area contributed by atoms with Gasteiger partial charge in [-0.1, -0.05) is 6.92 Å². The molecular formula is C13H22Cl2N4O. The third kappa shape index (κ3) is 4.51. The van der Waals surface area contributed by atoms with Gasteiger partial charge in [-0.15, -0.1) is 24.8 Å². The van der Waals surface area contributed by atoms with Crippen molar-refractivity contribution in [3.63, 3.8) is 0 Å². The van der Waals surface area contributed by atoms with Crippen LogP contribution in [0.2, 0.25) is 0 Å². The Bertz CT molecular complexity index is 421. The first kappa shape index (κ1) is 19.0. The molecule has 5 nitrogen and oxygen atoms in total. The summed E-state index contributed by atoms with van der Waals surface area (Å²) >= 11 is 0. The van der Waals surface area contributed by atoms with Crippen molar-refractivity contribution in [1.29, 1.82) is 0 Å². The smallest absolute Gasteiger partial charge is 0.228 e. The van der Waals surface area contributed by atoms with Crippen LogP contribution >= 0.6 is 24.8 Å². The van der Waals surface area contributed by atoms with E-state index in [2.05, 4.69) is 15.6 Å². The van der Waals surface area contributed by atoms with E-state index in [1.54, 1.807) is 6.20 Å². The van der Waals surface area contributed by atoms with E-state index >= 15 is 0 Å². The number of nitrogens with one attached hydrogen (secondary N) is 2. The van der Waals surface area contributed by atoms with Crippen LogP contribution < -0.4 is 15.5 Å². The maximum Gasteiger partial charge on any atom is 0.228 e. The van der Waals surface area contributed by atoms with Gasteiger partial charge in [-0.25, -0.2) is 4.98 Å². The minimum atomic E-state index is 0. The first-order valence-corrected chi connectivity index (χ1v) is 6.23. The van der Waals surface area contributed by atoms with Crippen LogP contribution in [0.15, 0.2) is 18.3 Å². The number of hydrogen-bond donors (Lipinski definition) is 2. The second-order valence-corrected chi connectivity index (χ2v) is 4.99. The zero-order valence-electron chi connectivity index (χ0n) is 11.9. The van der Waals surface area contributed by atoms with E-state index < -0.39 is 0 Å². The molecule has 1 aromatic heterocycles. The highest BCUT2D eigenvalue weighted by Crippen LogP contribution is 2.18. The summed E-state index contributed by atoms with van der Waals surface area (Å²) in [6.07, 6.45) is 1.76. The van der Waals surface area contributed by atoms with Crippen LogP contribution in [0.4, 0.5) is 11.5 Å². The standard InChI is InChI=1S/C13H20N4O.2ClH/c1-9(10-6-14-7-10)13(18)16-12-5-4-11(8-15-12)17(2)3;;/h4-5,8-10,14H,6-7H2,1-3H3,(H,15,16,18);2*1H. The predicted octanol–water partition coefficient (Wildman–Crippen LogP) is 1.79. The van der Waals surface area contributed by atoms with Crippen molar-refractivity contribution in [2.75, 3.05) is 37.4 Å². The van der Waals surface area contributed by atoms with Crippen molar-refractivity contribution >= 4 is 42.2 Å². The molecule has 2 rings (SSSR count). The quantitative estimate of drug-likeness (QED) is 0.888. The Morgan fingerprint density at radius 2 is 2.05 bits per heavy atom. The van der Waals surface area contributed by atoms with Gasteiger partial charge in [-0.2, -0.15) is 0 Å². The molecule has 1 aliphatic rings. The highest BCUT2D eigenvalue weighted by molar-refractivity contribution is 5.91. The lowest BCUT2D eigenvalue weighted by atomic mass is 9.88. The molecule has 7 heteroatoms. The van der Waals surface area contributed by atoms with E-state index in [0.29, 0.717) is 11.7 Å². The Labute approximate surface area is 132 Å². The highest BCUT2D eigenvalue weighted by Gasteiger charge is 2.28. The van der Waals surface area contributed by atoms with Crippen molar-refractivity contribution < 1.29 is 4.79 Å². The summed E-state index contributed by atoms with van der Waals surface area (Å²) in [5.74, 6) is 1.14. The van der Waals surface area contributed by atoms with Gasteiger partial charge in [-0.3, -0.25) is 4.79 Å². The molecule has 0 spiro atoms. The zero-order chi connectivity index (χ0) is 13.1. The van der Waals surface area contributed by atoms with Gasteiger partial charge in [0.15, 0.2) is 0 Å². The molecule has 1 unspecified atom stereocenters. The van der Waals surface area contributed by atoms with Crippen molar-refractivity contribution in [2.45, 2.75) is 6.92 Å². The molecule has 0 saturated carbocycles. The zero-order valence-corrected chi connectivity index (χ0v) is 13.6. The molecule has 0 aliphatic carbocycles. The summed E-state index contributed by atoms with van der Waals surface area (Å²) in [6, 6.07) is 3.77. The second-order valence-electron chi connectivity index (χ2n) is 4.99. The minimum absolute atomic E-state index is 0. The number of rotatable bonds is 4. The number of nitrogens with zero attached hydrogens (tertiary/aromatic N) is 2. The molecule has 1 fully saturated rings. The normalized spacial score (nSPS) is 15.2. The maximum atomic E-state index is 12.0. The molecule has 1 atom stereocenters. The number of aromatic nitrogens is 1. The largest absolute Gasteiger partial charge is 0.376 e. The van der Waals surface area contributed by atoms with Gasteiger partial charge in [0.25, 0.3) is 0 Å². The van der Waals surface area contributed by atoms with Gasteiger partial charge >= 0.3 is 0 Å². The van der Waals surface area contributed by atoms with Crippen LogP contribution in [-0.4, -0.2) is 38.1 Å². The molecule has 1 aromatic rings. The summed E-state index contributed by atoms with van der Waals surface area (Å²) in [4.78, 5) is 18.2. The molecule has 0 bridgehead atoms. The Hall–Kier alpha value is -1.04. The van der Waals surface area contributed by atoms with Crippen LogP contribution in [0.3, 0.4) is 0 Å². The summed E-state index contributed by atoms with van der Waals surface area (Å²) < 4.78 is 0. The van der Waals surface area contributed by atoms with Gasteiger partial charge in [0.1, 0.15) is 5.82 Å². The summed E-state index contributed by atoms with van der Waals surface area (Å²) in [5.41, 5.74) is 1.02. The number of anilines is 2. The lowest BCUT2D eigenvalue weighted by molar-refractivity contribution is -0.121. The number of carbonyl (C=O) groups is 1. The van der Waals surface area contributed by atoms with Gasteiger partial charge in [0, 0.05) is 20.0 Å².